The van der Waals surface area contributed by atoms with Gasteiger partial charge in [0.15, 0.2) is 0 Å². The molecule has 3 atom stereocenters. The van der Waals surface area contributed by atoms with Crippen LogP contribution in [0.25, 0.3) is 0 Å². The van der Waals surface area contributed by atoms with E-state index in [1.807, 2.05) is 27.0 Å². The van der Waals surface area contributed by atoms with Gasteiger partial charge in [0.05, 0.1) is 18.9 Å². The first-order valence-electron chi connectivity index (χ1n) is 8.70. The number of methoxy groups -OCH3 is 1. The lowest BCUT2D eigenvalue weighted by atomic mass is 9.85. The monoisotopic (exact) mass is 350 g/mol. The lowest BCUT2D eigenvalue weighted by molar-refractivity contribution is -0.153. The molecule has 8 heteroatoms. The minimum absolute atomic E-state index is 0.120. The van der Waals surface area contributed by atoms with Crippen LogP contribution in [0.4, 0.5) is 0 Å². The van der Waals surface area contributed by atoms with Crippen molar-refractivity contribution >= 4 is 11.9 Å². The van der Waals surface area contributed by atoms with Crippen molar-refractivity contribution in [2.75, 3.05) is 13.7 Å². The molecule has 1 unspecified atom stereocenters. The molecule has 1 aliphatic carbocycles. The van der Waals surface area contributed by atoms with Crippen molar-refractivity contribution in [3.8, 4) is 0 Å². The van der Waals surface area contributed by atoms with Gasteiger partial charge in [-0.2, -0.15) is 0 Å². The second kappa shape index (κ2) is 6.40. The molecule has 1 saturated heterocycles. The number of carbonyl (C=O) groups excluding carboxylic acids is 2. The first-order chi connectivity index (χ1) is 11.7. The van der Waals surface area contributed by atoms with Crippen LogP contribution in [0.2, 0.25) is 0 Å². The second-order valence-electron chi connectivity index (χ2n) is 8.09. The van der Waals surface area contributed by atoms with E-state index in [-0.39, 0.29) is 18.9 Å². The molecular weight excluding hydrogens is 324 g/mol. The van der Waals surface area contributed by atoms with Crippen LogP contribution >= 0.6 is 0 Å². The summed E-state index contributed by atoms with van der Waals surface area (Å²) in [6.45, 7) is 5.98. The van der Waals surface area contributed by atoms with E-state index in [0.29, 0.717) is 5.92 Å². The number of aliphatic hydroxyl groups excluding tert-OH is 1. The maximum atomic E-state index is 13.3. The largest absolute Gasteiger partial charge is 0.467 e. The third kappa shape index (κ3) is 3.53. The zero-order chi connectivity index (χ0) is 18.4. The standard InChI is InChI=1S/C17H26N4O4/c1-17(2,3)14(21-9-12(18-19-21)10-5-6-10)15(23)20-8-11(22)7-13(20)16(24)25-4/h9-11,13-14,22H,5-8H2,1-4H3/t11-,13+,14?/m1/s1. The van der Waals surface area contributed by atoms with Crippen molar-refractivity contribution in [1.82, 2.24) is 19.9 Å². The van der Waals surface area contributed by atoms with Crippen molar-refractivity contribution in [1.29, 1.82) is 0 Å². The molecule has 1 aromatic heterocycles. The molecule has 1 N–H and O–H groups in total. The Bertz CT molecular complexity index is 662. The maximum Gasteiger partial charge on any atom is 0.328 e. The van der Waals surface area contributed by atoms with Crippen LogP contribution in [-0.4, -0.2) is 62.7 Å². The smallest absolute Gasteiger partial charge is 0.328 e. The number of β-amino-alcohol motifs (C(OH)–C–C–N with tert-alkyl or cyclic N) is 1. The highest BCUT2D eigenvalue weighted by atomic mass is 16.5. The number of likely N-dealkylation sites (tertiary alicyclic amines) is 1. The van der Waals surface area contributed by atoms with Gasteiger partial charge in [-0.1, -0.05) is 26.0 Å². The molecule has 8 nitrogen and oxygen atoms in total. The fourth-order valence-electron chi connectivity index (χ4n) is 3.44. The van der Waals surface area contributed by atoms with Gasteiger partial charge in [-0.05, 0) is 18.3 Å². The lowest BCUT2D eigenvalue weighted by Crippen LogP contribution is -2.48. The molecule has 1 aromatic rings. The van der Waals surface area contributed by atoms with E-state index in [2.05, 4.69) is 10.3 Å². The van der Waals surface area contributed by atoms with E-state index < -0.39 is 29.6 Å². The molecule has 3 rings (SSSR count). The van der Waals surface area contributed by atoms with Crippen LogP contribution in [0, 0.1) is 5.41 Å². The van der Waals surface area contributed by atoms with Crippen molar-refractivity contribution in [2.24, 2.45) is 5.41 Å². The van der Waals surface area contributed by atoms with Crippen LogP contribution in [0.1, 0.15) is 57.7 Å². The zero-order valence-corrected chi connectivity index (χ0v) is 15.2. The fourth-order valence-corrected chi connectivity index (χ4v) is 3.44. The number of amides is 1. The molecule has 1 amide bonds. The Balaban J connectivity index is 1.89. The molecule has 1 saturated carbocycles. The molecule has 138 valence electrons. The number of aromatic nitrogens is 3. The lowest BCUT2D eigenvalue weighted by Gasteiger charge is -2.34. The third-order valence-corrected chi connectivity index (χ3v) is 4.88. The molecule has 2 fully saturated rings. The Hall–Kier alpha value is -1.96. The number of rotatable bonds is 4. The van der Waals surface area contributed by atoms with E-state index in [1.165, 1.54) is 12.0 Å². The highest BCUT2D eigenvalue weighted by molar-refractivity contribution is 5.87. The Kier molecular flexibility index (Phi) is 4.57. The van der Waals surface area contributed by atoms with Gasteiger partial charge in [-0.15, -0.1) is 5.10 Å². The number of carbonyl (C=O) groups is 2. The molecule has 0 radical (unpaired) electrons. The van der Waals surface area contributed by atoms with Crippen molar-refractivity contribution in [3.05, 3.63) is 11.9 Å². The predicted molar refractivity (Wildman–Crippen MR) is 88.6 cm³/mol. The van der Waals surface area contributed by atoms with E-state index in [1.54, 1.807) is 4.68 Å². The summed E-state index contributed by atoms with van der Waals surface area (Å²) in [5, 5.41) is 18.4. The molecule has 2 aliphatic rings. The first kappa shape index (κ1) is 17.8. The summed E-state index contributed by atoms with van der Waals surface area (Å²) in [4.78, 5) is 26.7. The number of hydrogen-bond donors (Lipinski definition) is 1. The Morgan fingerprint density at radius 3 is 2.60 bits per heavy atom. The van der Waals surface area contributed by atoms with Crippen LogP contribution in [0.15, 0.2) is 6.20 Å². The third-order valence-electron chi connectivity index (χ3n) is 4.88. The average molecular weight is 350 g/mol. The first-order valence-corrected chi connectivity index (χ1v) is 8.70. The van der Waals surface area contributed by atoms with Gasteiger partial charge in [-0.25, -0.2) is 9.48 Å². The maximum absolute atomic E-state index is 13.3. The zero-order valence-electron chi connectivity index (χ0n) is 15.2. The quantitative estimate of drug-likeness (QED) is 0.810. The topological polar surface area (TPSA) is 97.6 Å². The van der Waals surface area contributed by atoms with Gasteiger partial charge in [0.25, 0.3) is 0 Å². The summed E-state index contributed by atoms with van der Waals surface area (Å²) in [7, 11) is 1.29. The Labute approximate surface area is 147 Å². The number of aliphatic hydroxyl groups is 1. The average Bonchev–Trinajstić information content (AvgIpc) is 3.15. The van der Waals surface area contributed by atoms with Gasteiger partial charge in [0.1, 0.15) is 12.1 Å². The van der Waals surface area contributed by atoms with E-state index in [9.17, 15) is 14.7 Å². The summed E-state index contributed by atoms with van der Waals surface area (Å²) in [5.41, 5.74) is 0.479. The number of ether oxygens (including phenoxy) is 1. The summed E-state index contributed by atoms with van der Waals surface area (Å²) in [6.07, 6.45) is 3.52. The fraction of sp³-hybridized carbons (Fsp3) is 0.765. The molecular formula is C17H26N4O4. The number of hydrogen-bond acceptors (Lipinski definition) is 6. The normalized spacial score (nSPS) is 25.1. The summed E-state index contributed by atoms with van der Waals surface area (Å²) in [6, 6.07) is -1.37. The van der Waals surface area contributed by atoms with Crippen molar-refractivity contribution < 1.29 is 19.4 Å². The number of esters is 1. The molecule has 1 aliphatic heterocycles. The molecule has 0 bridgehead atoms. The highest BCUT2D eigenvalue weighted by Crippen LogP contribution is 2.40. The van der Waals surface area contributed by atoms with Gasteiger partial charge < -0.3 is 14.7 Å². The van der Waals surface area contributed by atoms with E-state index in [4.69, 9.17) is 4.74 Å². The molecule has 25 heavy (non-hydrogen) atoms. The van der Waals surface area contributed by atoms with Crippen molar-refractivity contribution in [3.63, 3.8) is 0 Å². The summed E-state index contributed by atoms with van der Waals surface area (Å²) >= 11 is 0. The number of nitrogens with zero attached hydrogens (tertiary/aromatic N) is 4. The van der Waals surface area contributed by atoms with E-state index in [0.717, 1.165) is 18.5 Å². The van der Waals surface area contributed by atoms with Crippen LogP contribution < -0.4 is 0 Å². The molecule has 2 heterocycles. The van der Waals surface area contributed by atoms with Crippen molar-refractivity contribution in [2.45, 2.75) is 64.1 Å². The van der Waals surface area contributed by atoms with Gasteiger partial charge >= 0.3 is 5.97 Å². The minimum Gasteiger partial charge on any atom is -0.467 e. The summed E-state index contributed by atoms with van der Waals surface area (Å²) in [5.74, 6) is -0.303. The second-order valence-corrected chi connectivity index (χ2v) is 8.09. The Morgan fingerprint density at radius 1 is 1.36 bits per heavy atom. The van der Waals surface area contributed by atoms with Crippen LogP contribution in [-0.2, 0) is 14.3 Å². The highest BCUT2D eigenvalue weighted by Gasteiger charge is 2.45. The van der Waals surface area contributed by atoms with Gasteiger partial charge in [0.2, 0.25) is 5.91 Å². The van der Waals surface area contributed by atoms with Gasteiger partial charge in [0, 0.05) is 25.1 Å². The summed E-state index contributed by atoms with van der Waals surface area (Å²) < 4.78 is 6.41. The van der Waals surface area contributed by atoms with Crippen LogP contribution in [0.5, 0.6) is 0 Å². The Morgan fingerprint density at radius 2 is 2.04 bits per heavy atom. The predicted octanol–water partition coefficient (Wildman–Crippen LogP) is 0.877. The van der Waals surface area contributed by atoms with E-state index >= 15 is 0 Å². The van der Waals surface area contributed by atoms with Gasteiger partial charge in [-0.3, -0.25) is 4.79 Å². The SMILES string of the molecule is COC(=O)[C@@H]1C[C@@H](O)CN1C(=O)C(n1cc(C2CC2)nn1)C(C)(C)C. The van der Waals surface area contributed by atoms with Crippen LogP contribution in [0.3, 0.4) is 0 Å². The minimum atomic E-state index is -0.760. The molecule has 0 aromatic carbocycles. The molecule has 0 spiro atoms.